The first-order valence-corrected chi connectivity index (χ1v) is 11.5. The summed E-state index contributed by atoms with van der Waals surface area (Å²) in [4.78, 5) is 14.0. The molecule has 2 heterocycles. The van der Waals surface area contributed by atoms with Crippen LogP contribution >= 0.6 is 11.6 Å². The number of rotatable bonds is 10. The number of phenolic OH excluding ortho intramolecular Hbond substituents is 1. The fraction of sp³-hybridized carbons (Fsp3) is 0.522. The largest absolute Gasteiger partial charge is 0.506 e. The molecule has 0 spiro atoms. The number of hydrogen-bond donors (Lipinski definition) is 4. The van der Waals surface area contributed by atoms with E-state index in [1.54, 1.807) is 38.4 Å². The summed E-state index contributed by atoms with van der Waals surface area (Å²) in [7, 11) is 0. The standard InChI is InChI=1S/C23H33ClN6O2/c1-6-15(7-2)30-13-26-18-20(25-12-14-10-9-11-16(24)19(14)31)28-22(29-21(18)30)27-17(8-3)23(4,5)32/h9-11,13,15,17,31-32H,6-8,12H2,1-5H3,(H2,25,27,28,29). The van der Waals surface area contributed by atoms with Crippen LogP contribution in [0, 0.1) is 0 Å². The molecule has 174 valence electrons. The number of nitrogens with one attached hydrogen (secondary N) is 2. The summed E-state index contributed by atoms with van der Waals surface area (Å²) in [6.45, 7) is 10.1. The molecule has 0 bridgehead atoms. The minimum Gasteiger partial charge on any atom is -0.506 e. The van der Waals surface area contributed by atoms with E-state index < -0.39 is 5.60 Å². The quantitative estimate of drug-likeness (QED) is 0.332. The predicted molar refractivity (Wildman–Crippen MR) is 129 cm³/mol. The molecule has 9 heteroatoms. The Kier molecular flexibility index (Phi) is 7.46. The van der Waals surface area contributed by atoms with Gasteiger partial charge in [0.1, 0.15) is 5.75 Å². The van der Waals surface area contributed by atoms with Crippen molar-refractivity contribution in [3.05, 3.63) is 35.1 Å². The van der Waals surface area contributed by atoms with E-state index in [2.05, 4.69) is 39.0 Å². The van der Waals surface area contributed by atoms with Gasteiger partial charge in [-0.25, -0.2) is 4.98 Å². The average molecular weight is 461 g/mol. The molecule has 0 aliphatic heterocycles. The average Bonchev–Trinajstić information content (AvgIpc) is 3.17. The summed E-state index contributed by atoms with van der Waals surface area (Å²) in [6.07, 6.45) is 4.41. The Hall–Kier alpha value is -2.58. The number of para-hydroxylation sites is 1. The lowest BCUT2D eigenvalue weighted by Crippen LogP contribution is -2.41. The number of aromatic hydroxyl groups is 1. The minimum atomic E-state index is -0.942. The van der Waals surface area contributed by atoms with Crippen LogP contribution in [-0.2, 0) is 6.54 Å². The Morgan fingerprint density at radius 3 is 2.47 bits per heavy atom. The molecule has 3 rings (SSSR count). The van der Waals surface area contributed by atoms with E-state index >= 15 is 0 Å². The Morgan fingerprint density at radius 2 is 1.84 bits per heavy atom. The number of aromatic nitrogens is 4. The van der Waals surface area contributed by atoms with Gasteiger partial charge >= 0.3 is 0 Å². The van der Waals surface area contributed by atoms with Crippen LogP contribution in [0.25, 0.3) is 11.2 Å². The van der Waals surface area contributed by atoms with E-state index in [1.807, 2.05) is 6.92 Å². The first kappa shape index (κ1) is 24.1. The Labute approximate surface area is 194 Å². The topological polar surface area (TPSA) is 108 Å². The summed E-state index contributed by atoms with van der Waals surface area (Å²) < 4.78 is 2.08. The van der Waals surface area contributed by atoms with Crippen molar-refractivity contribution < 1.29 is 10.2 Å². The lowest BCUT2D eigenvalue weighted by atomic mass is 9.97. The second-order valence-electron chi connectivity index (χ2n) is 8.55. The maximum atomic E-state index is 10.5. The number of phenols is 1. The van der Waals surface area contributed by atoms with E-state index in [0.29, 0.717) is 40.8 Å². The Morgan fingerprint density at radius 1 is 1.12 bits per heavy atom. The molecule has 0 saturated carbocycles. The van der Waals surface area contributed by atoms with E-state index in [4.69, 9.17) is 16.6 Å². The zero-order valence-corrected chi connectivity index (χ0v) is 20.1. The van der Waals surface area contributed by atoms with Crippen LogP contribution < -0.4 is 10.6 Å². The molecule has 3 aromatic rings. The Balaban J connectivity index is 2.03. The SMILES string of the molecule is CCC(CC)n1cnc2c(NCc3cccc(Cl)c3O)nc(NC(CC)C(C)(C)O)nc21. The van der Waals surface area contributed by atoms with Crippen molar-refractivity contribution in [2.45, 2.75) is 78.1 Å². The molecule has 0 saturated heterocycles. The van der Waals surface area contributed by atoms with Gasteiger partial charge in [-0.15, -0.1) is 0 Å². The maximum absolute atomic E-state index is 10.5. The molecule has 0 amide bonds. The third-order valence-corrected chi connectivity index (χ3v) is 6.14. The van der Waals surface area contributed by atoms with Gasteiger partial charge < -0.3 is 25.4 Å². The number of fused-ring (bicyclic) bond motifs is 1. The molecule has 32 heavy (non-hydrogen) atoms. The maximum Gasteiger partial charge on any atom is 0.227 e. The molecule has 8 nitrogen and oxygen atoms in total. The number of nitrogens with zero attached hydrogens (tertiary/aromatic N) is 4. The van der Waals surface area contributed by atoms with Crippen molar-refractivity contribution in [1.82, 2.24) is 19.5 Å². The summed E-state index contributed by atoms with van der Waals surface area (Å²) in [5.74, 6) is 1.00. The first-order valence-electron chi connectivity index (χ1n) is 11.1. The number of imidazole rings is 1. The van der Waals surface area contributed by atoms with Crippen molar-refractivity contribution in [3.8, 4) is 5.75 Å². The highest BCUT2D eigenvalue weighted by Gasteiger charge is 2.27. The van der Waals surface area contributed by atoms with E-state index in [-0.39, 0.29) is 17.8 Å². The Bertz CT molecular complexity index is 1060. The van der Waals surface area contributed by atoms with Gasteiger partial charge in [0.05, 0.1) is 23.0 Å². The van der Waals surface area contributed by atoms with Gasteiger partial charge in [-0.1, -0.05) is 44.5 Å². The van der Waals surface area contributed by atoms with Gasteiger partial charge in [-0.2, -0.15) is 9.97 Å². The smallest absolute Gasteiger partial charge is 0.227 e. The molecule has 0 radical (unpaired) electrons. The van der Waals surface area contributed by atoms with Gasteiger partial charge in [-0.05, 0) is 39.2 Å². The summed E-state index contributed by atoms with van der Waals surface area (Å²) in [6, 6.07) is 5.27. The molecular formula is C23H33ClN6O2. The first-order chi connectivity index (χ1) is 15.2. The lowest BCUT2D eigenvalue weighted by Gasteiger charge is -2.29. The van der Waals surface area contributed by atoms with Crippen molar-refractivity contribution in [2.24, 2.45) is 0 Å². The lowest BCUT2D eigenvalue weighted by molar-refractivity contribution is 0.0577. The van der Waals surface area contributed by atoms with Crippen LogP contribution in [0.1, 0.15) is 65.5 Å². The highest BCUT2D eigenvalue weighted by molar-refractivity contribution is 6.32. The van der Waals surface area contributed by atoms with Gasteiger partial charge in [0.25, 0.3) is 0 Å². The number of aliphatic hydroxyl groups is 1. The van der Waals surface area contributed by atoms with Crippen molar-refractivity contribution in [1.29, 1.82) is 0 Å². The van der Waals surface area contributed by atoms with Crippen molar-refractivity contribution >= 4 is 34.5 Å². The fourth-order valence-electron chi connectivity index (χ4n) is 3.87. The molecule has 0 aliphatic carbocycles. The van der Waals surface area contributed by atoms with Crippen LogP contribution in [0.5, 0.6) is 5.75 Å². The van der Waals surface area contributed by atoms with Crippen LogP contribution in [0.3, 0.4) is 0 Å². The number of halogens is 1. The predicted octanol–water partition coefficient (Wildman–Crippen LogP) is 5.12. The second kappa shape index (κ2) is 9.92. The van der Waals surface area contributed by atoms with E-state index in [9.17, 15) is 10.2 Å². The summed E-state index contributed by atoms with van der Waals surface area (Å²) in [5, 5.41) is 27.6. The van der Waals surface area contributed by atoms with Gasteiger partial charge in [0, 0.05) is 18.2 Å². The molecule has 4 N–H and O–H groups in total. The fourth-order valence-corrected chi connectivity index (χ4v) is 4.06. The minimum absolute atomic E-state index is 0.0425. The summed E-state index contributed by atoms with van der Waals surface area (Å²) in [5.41, 5.74) is 1.09. The zero-order valence-electron chi connectivity index (χ0n) is 19.4. The van der Waals surface area contributed by atoms with Crippen LogP contribution in [-0.4, -0.2) is 41.4 Å². The monoisotopic (exact) mass is 460 g/mol. The third kappa shape index (κ3) is 5.07. The number of benzene rings is 1. The second-order valence-corrected chi connectivity index (χ2v) is 8.96. The number of anilines is 2. The molecular weight excluding hydrogens is 428 g/mol. The van der Waals surface area contributed by atoms with E-state index in [1.165, 1.54) is 0 Å². The molecule has 0 aliphatic rings. The molecule has 1 aromatic carbocycles. The van der Waals surface area contributed by atoms with Gasteiger partial charge in [-0.3, -0.25) is 0 Å². The van der Waals surface area contributed by atoms with Crippen LogP contribution in [0.2, 0.25) is 5.02 Å². The van der Waals surface area contributed by atoms with Gasteiger partial charge in [0.2, 0.25) is 5.95 Å². The highest BCUT2D eigenvalue weighted by atomic mass is 35.5. The van der Waals surface area contributed by atoms with Gasteiger partial charge in [0.15, 0.2) is 17.0 Å². The van der Waals surface area contributed by atoms with Crippen molar-refractivity contribution in [2.75, 3.05) is 10.6 Å². The molecule has 2 aromatic heterocycles. The van der Waals surface area contributed by atoms with Crippen LogP contribution in [0.4, 0.5) is 11.8 Å². The molecule has 0 fully saturated rings. The third-order valence-electron chi connectivity index (χ3n) is 5.84. The normalized spacial score (nSPS) is 13.0. The van der Waals surface area contributed by atoms with Crippen LogP contribution in [0.15, 0.2) is 24.5 Å². The highest BCUT2D eigenvalue weighted by Crippen LogP contribution is 2.30. The van der Waals surface area contributed by atoms with E-state index in [0.717, 1.165) is 18.5 Å². The molecule has 1 unspecified atom stereocenters. The zero-order chi connectivity index (χ0) is 23.5. The molecule has 1 atom stereocenters. The van der Waals surface area contributed by atoms with Crippen molar-refractivity contribution in [3.63, 3.8) is 0 Å². The number of hydrogen-bond acceptors (Lipinski definition) is 7. The summed E-state index contributed by atoms with van der Waals surface area (Å²) >= 11 is 6.05.